The van der Waals surface area contributed by atoms with Crippen molar-refractivity contribution in [3.8, 4) is 0 Å². The minimum atomic E-state index is -0.856. The molecule has 0 unspecified atom stereocenters. The van der Waals surface area contributed by atoms with E-state index in [1.165, 1.54) is 23.7 Å². The number of aromatic amines is 1. The number of aromatic nitrogens is 3. The molecular weight excluding hydrogens is 382 g/mol. The fraction of sp³-hybridized carbons (Fsp3) is 0.556. The Morgan fingerprint density at radius 3 is 2.86 bits per heavy atom. The molecule has 0 aliphatic carbocycles. The predicted molar refractivity (Wildman–Crippen MR) is 104 cm³/mol. The van der Waals surface area contributed by atoms with Gasteiger partial charge >= 0.3 is 0 Å². The molecular formula is C18H23N5O4S. The Hall–Kier alpha value is -2.30. The summed E-state index contributed by atoms with van der Waals surface area (Å²) in [5.41, 5.74) is 0.228. The maximum absolute atomic E-state index is 12.5. The van der Waals surface area contributed by atoms with Gasteiger partial charge in [-0.15, -0.1) is 11.3 Å². The third-order valence-electron chi connectivity index (χ3n) is 5.77. The van der Waals surface area contributed by atoms with E-state index < -0.39 is 17.2 Å². The van der Waals surface area contributed by atoms with E-state index in [0.29, 0.717) is 50.5 Å². The molecule has 1 amide bonds. The highest BCUT2D eigenvalue weighted by Gasteiger charge is 2.54. The molecule has 28 heavy (non-hydrogen) atoms. The van der Waals surface area contributed by atoms with Gasteiger partial charge in [-0.2, -0.15) is 0 Å². The molecule has 0 bridgehead atoms. The van der Waals surface area contributed by atoms with Gasteiger partial charge in [0.15, 0.2) is 0 Å². The van der Waals surface area contributed by atoms with E-state index in [1.54, 1.807) is 10.9 Å². The van der Waals surface area contributed by atoms with Gasteiger partial charge in [0.2, 0.25) is 0 Å². The fourth-order valence-electron chi connectivity index (χ4n) is 4.10. The SMILES string of the molecule is C[C@]1(NC(=O)c2cscn2)CCOC2(CCN(c3cc(=O)[nH]cn3)CC2)[C@@H]1O. The number of anilines is 1. The highest BCUT2D eigenvalue weighted by Crippen LogP contribution is 2.40. The Bertz CT molecular complexity index is 893. The standard InChI is InChI=1S/C18H23N5O4S/c1-17(22-15(25)12-9-28-11-21-12)4-7-27-18(16(17)26)2-5-23(6-3-18)13-8-14(24)20-10-19-13/h8-11,16,26H,2-7H2,1H3,(H,22,25)(H,19,20,24)/t16-,17+/m1/s1. The summed E-state index contributed by atoms with van der Waals surface area (Å²) in [5, 5.41) is 15.9. The summed E-state index contributed by atoms with van der Waals surface area (Å²) >= 11 is 1.36. The van der Waals surface area contributed by atoms with Gasteiger partial charge in [-0.3, -0.25) is 9.59 Å². The molecule has 150 valence electrons. The van der Waals surface area contributed by atoms with E-state index in [4.69, 9.17) is 4.74 Å². The number of carbonyl (C=O) groups excluding carboxylic acids is 1. The van der Waals surface area contributed by atoms with Crippen LogP contribution in [0.25, 0.3) is 0 Å². The first kappa shape index (κ1) is 19.0. The van der Waals surface area contributed by atoms with E-state index >= 15 is 0 Å². The average Bonchev–Trinajstić information content (AvgIpc) is 3.22. The van der Waals surface area contributed by atoms with Gasteiger partial charge in [-0.05, 0) is 26.2 Å². The minimum absolute atomic E-state index is 0.198. The second-order valence-corrected chi connectivity index (χ2v) is 8.29. The maximum atomic E-state index is 12.5. The normalized spacial score (nSPS) is 26.9. The van der Waals surface area contributed by atoms with Gasteiger partial charge in [-0.25, -0.2) is 9.97 Å². The lowest BCUT2D eigenvalue weighted by Crippen LogP contribution is -2.69. The molecule has 2 aromatic rings. The molecule has 2 atom stereocenters. The molecule has 4 rings (SSSR count). The number of piperidine rings is 1. The molecule has 2 saturated heterocycles. The molecule has 1 spiro atoms. The summed E-state index contributed by atoms with van der Waals surface area (Å²) in [4.78, 5) is 36.8. The third-order valence-corrected chi connectivity index (χ3v) is 6.36. The zero-order valence-electron chi connectivity index (χ0n) is 15.6. The number of aliphatic hydroxyl groups is 1. The smallest absolute Gasteiger partial charge is 0.271 e. The van der Waals surface area contributed by atoms with Crippen molar-refractivity contribution in [1.29, 1.82) is 0 Å². The van der Waals surface area contributed by atoms with E-state index in [2.05, 4.69) is 20.3 Å². The van der Waals surface area contributed by atoms with Crippen LogP contribution in [-0.2, 0) is 4.74 Å². The number of nitrogens with zero attached hydrogens (tertiary/aromatic N) is 3. The Morgan fingerprint density at radius 1 is 1.39 bits per heavy atom. The highest BCUT2D eigenvalue weighted by atomic mass is 32.1. The van der Waals surface area contributed by atoms with Crippen molar-refractivity contribution in [3.05, 3.63) is 39.3 Å². The summed E-state index contributed by atoms with van der Waals surface area (Å²) in [5.74, 6) is 0.327. The molecule has 10 heteroatoms. The highest BCUT2D eigenvalue weighted by molar-refractivity contribution is 7.07. The van der Waals surface area contributed by atoms with Crippen LogP contribution in [0, 0.1) is 0 Å². The van der Waals surface area contributed by atoms with Crippen molar-refractivity contribution in [2.45, 2.75) is 43.4 Å². The minimum Gasteiger partial charge on any atom is -0.388 e. The number of thiazole rings is 1. The van der Waals surface area contributed by atoms with Gasteiger partial charge in [0.25, 0.3) is 11.5 Å². The summed E-state index contributed by atoms with van der Waals surface area (Å²) in [6.07, 6.45) is 2.20. The van der Waals surface area contributed by atoms with Gasteiger partial charge < -0.3 is 25.0 Å². The van der Waals surface area contributed by atoms with Crippen LogP contribution in [0.4, 0.5) is 5.82 Å². The van der Waals surface area contributed by atoms with Crippen LogP contribution in [0.15, 0.2) is 28.1 Å². The summed E-state index contributed by atoms with van der Waals surface area (Å²) in [6, 6.07) is 1.47. The van der Waals surface area contributed by atoms with Gasteiger partial charge in [0.1, 0.15) is 17.6 Å². The number of H-pyrrole nitrogens is 1. The lowest BCUT2D eigenvalue weighted by Gasteiger charge is -2.53. The number of nitrogens with one attached hydrogen (secondary N) is 2. The quantitative estimate of drug-likeness (QED) is 0.681. The number of amides is 1. The van der Waals surface area contributed by atoms with Gasteiger partial charge in [0.05, 0.1) is 23.0 Å². The fourth-order valence-corrected chi connectivity index (χ4v) is 4.64. The number of hydrogen-bond donors (Lipinski definition) is 3. The number of carbonyl (C=O) groups is 1. The van der Waals surface area contributed by atoms with E-state index in [0.717, 1.165) is 0 Å². The Labute approximate surface area is 165 Å². The van der Waals surface area contributed by atoms with Crippen molar-refractivity contribution in [1.82, 2.24) is 20.3 Å². The van der Waals surface area contributed by atoms with Crippen LogP contribution in [0.2, 0.25) is 0 Å². The molecule has 2 fully saturated rings. The van der Waals surface area contributed by atoms with Crippen molar-refractivity contribution < 1.29 is 14.6 Å². The second-order valence-electron chi connectivity index (χ2n) is 7.57. The first-order valence-electron chi connectivity index (χ1n) is 9.24. The first-order chi connectivity index (χ1) is 13.4. The van der Waals surface area contributed by atoms with Crippen LogP contribution in [0.1, 0.15) is 36.7 Å². The summed E-state index contributed by atoms with van der Waals surface area (Å²) in [6.45, 7) is 3.51. The monoisotopic (exact) mass is 405 g/mol. The topological polar surface area (TPSA) is 120 Å². The van der Waals surface area contributed by atoms with Crippen LogP contribution in [0.3, 0.4) is 0 Å². The molecule has 0 aromatic carbocycles. The Balaban J connectivity index is 1.48. The average molecular weight is 405 g/mol. The number of ether oxygens (including phenoxy) is 1. The van der Waals surface area contributed by atoms with Crippen molar-refractivity contribution in [2.24, 2.45) is 0 Å². The molecule has 2 aromatic heterocycles. The predicted octanol–water partition coefficient (Wildman–Crippen LogP) is 0.535. The van der Waals surface area contributed by atoms with Crippen molar-refractivity contribution in [3.63, 3.8) is 0 Å². The zero-order chi connectivity index (χ0) is 19.8. The molecule has 2 aliphatic heterocycles. The third kappa shape index (κ3) is 3.43. The molecule has 2 aliphatic rings. The van der Waals surface area contributed by atoms with Gasteiger partial charge in [0, 0.05) is 31.1 Å². The molecule has 3 N–H and O–H groups in total. The van der Waals surface area contributed by atoms with E-state index in [9.17, 15) is 14.7 Å². The number of aliphatic hydroxyl groups excluding tert-OH is 1. The summed E-state index contributed by atoms with van der Waals surface area (Å²) < 4.78 is 6.06. The van der Waals surface area contributed by atoms with Crippen LogP contribution < -0.4 is 15.8 Å². The Morgan fingerprint density at radius 2 is 2.18 bits per heavy atom. The van der Waals surface area contributed by atoms with Crippen LogP contribution in [0.5, 0.6) is 0 Å². The zero-order valence-corrected chi connectivity index (χ0v) is 16.4. The van der Waals surface area contributed by atoms with Crippen molar-refractivity contribution in [2.75, 3.05) is 24.6 Å². The number of rotatable bonds is 3. The lowest BCUT2D eigenvalue weighted by molar-refractivity contribution is -0.195. The summed E-state index contributed by atoms with van der Waals surface area (Å²) in [7, 11) is 0. The van der Waals surface area contributed by atoms with E-state index in [1.807, 2.05) is 11.8 Å². The molecule has 9 nitrogen and oxygen atoms in total. The lowest BCUT2D eigenvalue weighted by atomic mass is 9.73. The maximum Gasteiger partial charge on any atom is 0.271 e. The van der Waals surface area contributed by atoms with E-state index in [-0.39, 0.29) is 11.5 Å². The number of hydrogen-bond acceptors (Lipinski definition) is 8. The largest absolute Gasteiger partial charge is 0.388 e. The van der Waals surface area contributed by atoms with Crippen molar-refractivity contribution >= 4 is 23.1 Å². The molecule has 0 saturated carbocycles. The van der Waals surface area contributed by atoms with Crippen LogP contribution >= 0.6 is 11.3 Å². The second kappa shape index (κ2) is 7.26. The Kier molecular flexibility index (Phi) is 4.94. The van der Waals surface area contributed by atoms with Crippen LogP contribution in [-0.4, -0.2) is 62.9 Å². The molecule has 0 radical (unpaired) electrons. The van der Waals surface area contributed by atoms with Gasteiger partial charge in [-0.1, -0.05) is 0 Å². The first-order valence-corrected chi connectivity index (χ1v) is 10.2. The molecule has 4 heterocycles.